The van der Waals surface area contributed by atoms with Crippen molar-refractivity contribution in [3.05, 3.63) is 0 Å². The van der Waals surface area contributed by atoms with E-state index in [1.165, 1.54) is 0 Å². The third-order valence-corrected chi connectivity index (χ3v) is 0.840. The van der Waals surface area contributed by atoms with Gasteiger partial charge in [0, 0.05) is 10.6 Å². The standard InChI is InChI=1S/C6H14N4O2/c7-4(5(11)12)2-1-3-10-6(8)9/h4H,1-3,7H2,(H,11,12)(H4,8,9,10)/t4-/m0/s1/i1+1D,2+1D2,3+1D,4+1,5+1,7+1,10+1/t1-,3+,4+/m1. The average molecular weight is 185 g/mol. The van der Waals surface area contributed by atoms with Crippen LogP contribution in [0, 0.1) is 0 Å². The smallest absolute Gasteiger partial charge is 0.320 e. The van der Waals surface area contributed by atoms with E-state index in [1.54, 1.807) is 0 Å². The Morgan fingerprint density at radius 3 is 2.67 bits per heavy atom. The van der Waals surface area contributed by atoms with Crippen LogP contribution in [0.1, 0.15) is 18.3 Å². The Morgan fingerprint density at radius 2 is 2.25 bits per heavy atom. The summed E-state index contributed by atoms with van der Waals surface area (Å²) < 4.78 is 29.3. The first-order chi connectivity index (χ1) is 7.10. The first-order valence-electron chi connectivity index (χ1n) is 5.17. The minimum Gasteiger partial charge on any atom is -0.480 e. The summed E-state index contributed by atoms with van der Waals surface area (Å²) in [6.45, 7) is -1.63. The lowest BCUT2D eigenvalue weighted by atomic mass is 11.1. The van der Waals surface area contributed by atoms with Gasteiger partial charge in [-0.3, -0.25) is 9.79 Å². The minimum absolute atomic E-state index is 0.475. The van der Waals surface area contributed by atoms with E-state index in [0.29, 0.717) is 0 Å². The second-order valence-corrected chi connectivity index (χ2v) is 1.85. The number of hydrogen-bond donors (Lipinski definition) is 4. The van der Waals surface area contributed by atoms with E-state index in [0.717, 1.165) is 0 Å². The summed E-state index contributed by atoms with van der Waals surface area (Å²) in [6.07, 6.45) is -4.42. The van der Waals surface area contributed by atoms with E-state index in [4.69, 9.17) is 27.8 Å². The molecule has 0 aromatic carbocycles. The molecule has 12 heavy (non-hydrogen) atoms. The van der Waals surface area contributed by atoms with Crippen LogP contribution >= 0.6 is 0 Å². The van der Waals surface area contributed by atoms with Crippen molar-refractivity contribution < 1.29 is 15.4 Å². The molecule has 0 bridgehead atoms. The maximum absolute atomic E-state index is 10.5. The zero-order valence-electron chi connectivity index (χ0n) is 10.3. The highest BCUT2D eigenvalue weighted by molar-refractivity contribution is 5.75. The molecule has 0 aromatic rings. The zero-order valence-corrected chi connectivity index (χ0v) is 6.27. The molecule has 0 radical (unpaired) electrons. The molecule has 0 fully saturated rings. The largest absolute Gasteiger partial charge is 0.480 e. The number of carboxylic acids is 1. The van der Waals surface area contributed by atoms with E-state index in [9.17, 15) is 4.79 Å². The second kappa shape index (κ2) is 5.36. The Balaban J connectivity index is 4.88. The van der Waals surface area contributed by atoms with Crippen LogP contribution < -0.4 is 17.2 Å². The van der Waals surface area contributed by atoms with Crippen molar-refractivity contribution in [3.8, 4) is 0 Å². The summed E-state index contributed by atoms with van der Waals surface area (Å²) in [5, 5.41) is 8.54. The number of hydrogen-bond acceptors (Lipinski definition) is 3. The molecule has 6 heteroatoms. The van der Waals surface area contributed by atoms with E-state index in [-0.39, 0.29) is 0 Å². The van der Waals surface area contributed by atoms with Crippen molar-refractivity contribution in [2.45, 2.75) is 18.8 Å². The molecule has 0 spiro atoms. The van der Waals surface area contributed by atoms with Crippen molar-refractivity contribution in [3.63, 3.8) is 0 Å². The predicted octanol–water partition coefficient (Wildman–Crippen LogP) is -1.55. The molecule has 0 saturated carbocycles. The van der Waals surface area contributed by atoms with Crippen molar-refractivity contribution >= 4 is 11.9 Å². The van der Waals surface area contributed by atoms with Crippen LogP contribution in [-0.2, 0) is 4.79 Å². The number of aliphatic imine (C=N–C) groups is 1. The third-order valence-electron chi connectivity index (χ3n) is 0.840. The van der Waals surface area contributed by atoms with Gasteiger partial charge in [0.25, 0.3) is 0 Å². The van der Waals surface area contributed by atoms with E-state index in [1.807, 2.05) is 0 Å². The molecule has 0 unspecified atom stereocenters. The average Bonchev–Trinajstić information content (AvgIpc) is 2.13. The van der Waals surface area contributed by atoms with Crippen LogP contribution in [0.5, 0.6) is 0 Å². The molecule has 0 aromatic heterocycles. The van der Waals surface area contributed by atoms with Crippen LogP contribution in [0.25, 0.3) is 0 Å². The molecular weight excluding hydrogens is 167 g/mol. The molecule has 0 aliphatic carbocycles. The maximum atomic E-state index is 10.5. The number of carboxylic acid groups (broad SMARTS) is 1. The first-order valence-corrected chi connectivity index (χ1v) is 3.02. The quantitative estimate of drug-likeness (QED) is 0.178. The fraction of sp³-hybridized carbons (Fsp3) is 0.667. The van der Waals surface area contributed by atoms with Gasteiger partial charge in [0.05, 0.1) is 1.37 Å². The summed E-state index contributed by atoms with van der Waals surface area (Å²) in [5.74, 6) is -2.07. The van der Waals surface area contributed by atoms with Gasteiger partial charge in [-0.15, -0.1) is 0 Å². The van der Waals surface area contributed by atoms with Crippen molar-refractivity contribution in [2.75, 3.05) is 6.52 Å². The molecule has 7 N–H and O–H groups in total. The Morgan fingerprint density at radius 1 is 1.67 bits per heavy atom. The molecule has 0 aliphatic heterocycles. The summed E-state index contributed by atoms with van der Waals surface area (Å²) in [7, 11) is 0. The molecule has 0 saturated heterocycles. The minimum atomic E-state index is -2.61. The van der Waals surface area contributed by atoms with Crippen LogP contribution in [-0.4, -0.2) is 29.6 Å². The van der Waals surface area contributed by atoms with Crippen molar-refractivity contribution in [1.82, 2.24) is 0 Å². The summed E-state index contributed by atoms with van der Waals surface area (Å²) >= 11 is 0. The summed E-state index contributed by atoms with van der Waals surface area (Å²) in [6, 6.07) is -1.92. The highest BCUT2D eigenvalue weighted by Gasteiger charge is 2.09. The number of guanidine groups is 1. The molecule has 3 atom stereocenters. The Hall–Kier alpha value is -1.30. The van der Waals surface area contributed by atoms with Gasteiger partial charge in [-0.05, 0) is 12.8 Å². The number of nitrogens with zero attached hydrogens (tertiary/aromatic N) is 1. The lowest BCUT2D eigenvalue weighted by Crippen LogP contribution is -2.30. The summed E-state index contributed by atoms with van der Waals surface area (Å²) in [4.78, 5) is 13.7. The van der Waals surface area contributed by atoms with Gasteiger partial charge in [-0.2, -0.15) is 0 Å². The van der Waals surface area contributed by atoms with Crippen molar-refractivity contribution in [2.24, 2.45) is 22.2 Å². The lowest BCUT2D eigenvalue weighted by Gasteiger charge is -2.03. The van der Waals surface area contributed by atoms with E-state index < -0.39 is 37.3 Å². The van der Waals surface area contributed by atoms with Crippen LogP contribution in [0.3, 0.4) is 0 Å². The molecule has 0 heterocycles. The first kappa shape index (κ1) is 5.36. The molecular formula is C6H14N4O2. The predicted molar refractivity (Wildman–Crippen MR) is 45.5 cm³/mol. The number of rotatable bonds is 5. The Kier molecular flexibility index (Phi) is 2.40. The Bertz CT molecular complexity index is 294. The van der Waals surface area contributed by atoms with Gasteiger partial charge in [-0.25, -0.2) is 0 Å². The van der Waals surface area contributed by atoms with Crippen LogP contribution in [0.2, 0.25) is 0 Å². The van der Waals surface area contributed by atoms with Crippen LogP contribution in [0.4, 0.5) is 0 Å². The molecule has 0 amide bonds. The lowest BCUT2D eigenvalue weighted by molar-refractivity contribution is -0.138. The monoisotopic (exact) mass is 185 g/mol. The number of carbonyl (C=O) groups is 1. The fourth-order valence-corrected chi connectivity index (χ4v) is 0.341. The number of nitrogens with two attached hydrogens (primary N) is 3. The molecule has 0 aliphatic rings. The second-order valence-electron chi connectivity index (χ2n) is 1.85. The highest BCUT2D eigenvalue weighted by Crippen LogP contribution is 1.94. The SMILES string of the molecule is [2H][13C@H]([15N]=C(N)N)[13C@H]([2H])[13C]([2H])([2H])[13C@H]([15NH2])[13C](=O)O. The normalized spacial score (nSPS) is 23.4. The molecule has 0 rings (SSSR count). The molecule has 70 valence electrons. The summed E-state index contributed by atoms with van der Waals surface area (Å²) in [5.41, 5.74) is 15.0. The van der Waals surface area contributed by atoms with Crippen molar-refractivity contribution in [1.29, 1.82) is 0 Å². The van der Waals surface area contributed by atoms with Gasteiger partial charge in [-0.1, -0.05) is 0 Å². The Labute approximate surface area is 76.1 Å². The zero-order chi connectivity index (χ0) is 13.1. The van der Waals surface area contributed by atoms with E-state index in [2.05, 4.69) is 4.99 Å². The molecule has 6 nitrogen and oxygen atoms in total. The van der Waals surface area contributed by atoms with Gasteiger partial charge in [0.2, 0.25) is 0 Å². The maximum Gasteiger partial charge on any atom is 0.320 e. The topological polar surface area (TPSA) is 128 Å². The van der Waals surface area contributed by atoms with Gasteiger partial charge >= 0.3 is 5.97 Å². The van der Waals surface area contributed by atoms with E-state index >= 15 is 0 Å². The highest BCUT2D eigenvalue weighted by atomic mass is 16.5. The van der Waals surface area contributed by atoms with Crippen LogP contribution in [0.15, 0.2) is 4.99 Å². The third kappa shape index (κ3) is 5.48. The van der Waals surface area contributed by atoms with Gasteiger partial charge in [0.15, 0.2) is 5.96 Å². The number of aliphatic carboxylic acids is 1. The fourth-order valence-electron chi connectivity index (χ4n) is 0.341. The van der Waals surface area contributed by atoms with Gasteiger partial charge in [0.1, 0.15) is 6.04 Å². The van der Waals surface area contributed by atoms with Gasteiger partial charge < -0.3 is 22.3 Å².